The maximum Gasteiger partial charge on any atom is 0.151 e. The van der Waals surface area contributed by atoms with Gasteiger partial charge in [0.25, 0.3) is 0 Å². The van der Waals surface area contributed by atoms with Crippen LogP contribution in [0.1, 0.15) is 27.8 Å². The number of nitrogens with two attached hydrogens (primary N) is 1. The zero-order valence-electron chi connectivity index (χ0n) is 10.6. The summed E-state index contributed by atoms with van der Waals surface area (Å²) in [6.07, 6.45) is -0.342. The Morgan fingerprint density at radius 1 is 1.56 bits per heavy atom. The number of hydrogen-bond acceptors (Lipinski definition) is 5. The fourth-order valence-electron chi connectivity index (χ4n) is 2.68. The van der Waals surface area contributed by atoms with Crippen molar-refractivity contribution >= 4 is 21.2 Å². The second-order valence-electron chi connectivity index (χ2n) is 5.18. The molecular formula is C12H19NO3S2. The standard InChI is InChI=1S/C12H19NO3S2/c1-8-5-10(9(2)17-8)11(14)12(6-13)3-4-18(15,16)7-12/h5,11,14H,3-4,6-7,13H2,1-2H3. The molecule has 0 amide bonds. The highest BCUT2D eigenvalue weighted by molar-refractivity contribution is 7.91. The molecule has 1 fully saturated rings. The summed E-state index contributed by atoms with van der Waals surface area (Å²) in [7, 11) is -3.06. The average molecular weight is 289 g/mol. The summed E-state index contributed by atoms with van der Waals surface area (Å²) < 4.78 is 23.3. The Morgan fingerprint density at radius 3 is 2.61 bits per heavy atom. The van der Waals surface area contributed by atoms with Gasteiger partial charge < -0.3 is 10.8 Å². The first kappa shape index (κ1) is 14.0. The number of aliphatic hydroxyl groups excluding tert-OH is 1. The first-order valence-electron chi connectivity index (χ1n) is 5.95. The van der Waals surface area contributed by atoms with Gasteiger partial charge in [-0.3, -0.25) is 0 Å². The molecule has 2 rings (SSSR count). The molecule has 0 radical (unpaired) electrons. The zero-order valence-corrected chi connectivity index (χ0v) is 12.3. The van der Waals surface area contributed by atoms with E-state index in [1.807, 2.05) is 19.9 Å². The molecule has 1 aliphatic heterocycles. The van der Waals surface area contributed by atoms with Crippen molar-refractivity contribution in [1.82, 2.24) is 0 Å². The summed E-state index contributed by atoms with van der Waals surface area (Å²) in [4.78, 5) is 2.16. The van der Waals surface area contributed by atoms with Gasteiger partial charge in [0, 0.05) is 21.7 Å². The Hall–Kier alpha value is -0.430. The summed E-state index contributed by atoms with van der Waals surface area (Å²) >= 11 is 1.62. The van der Waals surface area contributed by atoms with Crippen molar-refractivity contribution in [2.75, 3.05) is 18.1 Å². The van der Waals surface area contributed by atoms with Crippen LogP contribution in [0, 0.1) is 19.3 Å². The van der Waals surface area contributed by atoms with Crippen molar-refractivity contribution in [3.63, 3.8) is 0 Å². The van der Waals surface area contributed by atoms with Crippen LogP contribution in [0.4, 0.5) is 0 Å². The van der Waals surface area contributed by atoms with E-state index in [9.17, 15) is 13.5 Å². The van der Waals surface area contributed by atoms with E-state index in [1.165, 1.54) is 0 Å². The molecule has 3 N–H and O–H groups in total. The molecule has 1 aromatic rings. The van der Waals surface area contributed by atoms with Crippen molar-refractivity contribution in [3.8, 4) is 0 Å². The molecular weight excluding hydrogens is 270 g/mol. The Balaban J connectivity index is 2.37. The number of aliphatic hydroxyl groups is 1. The monoisotopic (exact) mass is 289 g/mol. The van der Waals surface area contributed by atoms with E-state index >= 15 is 0 Å². The molecule has 1 aliphatic rings. The number of aryl methyl sites for hydroxylation is 2. The summed E-state index contributed by atoms with van der Waals surface area (Å²) in [5.74, 6) is 0.120. The van der Waals surface area contributed by atoms with Gasteiger partial charge in [0.2, 0.25) is 0 Å². The van der Waals surface area contributed by atoms with E-state index in [1.54, 1.807) is 11.3 Å². The zero-order chi connectivity index (χ0) is 13.6. The predicted molar refractivity (Wildman–Crippen MR) is 73.5 cm³/mol. The molecule has 6 heteroatoms. The summed E-state index contributed by atoms with van der Waals surface area (Å²) in [6, 6.07) is 1.94. The molecule has 2 heterocycles. The third-order valence-electron chi connectivity index (χ3n) is 3.78. The fraction of sp³-hybridized carbons (Fsp3) is 0.667. The lowest BCUT2D eigenvalue weighted by Crippen LogP contribution is -2.38. The quantitative estimate of drug-likeness (QED) is 0.875. The van der Waals surface area contributed by atoms with Gasteiger partial charge in [0.05, 0.1) is 17.6 Å². The van der Waals surface area contributed by atoms with E-state index in [-0.39, 0.29) is 18.1 Å². The van der Waals surface area contributed by atoms with Gasteiger partial charge in [-0.05, 0) is 31.9 Å². The van der Waals surface area contributed by atoms with Crippen LogP contribution in [-0.2, 0) is 9.84 Å². The second-order valence-corrected chi connectivity index (χ2v) is 8.82. The van der Waals surface area contributed by atoms with Crippen LogP contribution >= 0.6 is 11.3 Å². The minimum Gasteiger partial charge on any atom is -0.388 e. The van der Waals surface area contributed by atoms with E-state index < -0.39 is 21.4 Å². The van der Waals surface area contributed by atoms with Crippen molar-refractivity contribution in [1.29, 1.82) is 0 Å². The van der Waals surface area contributed by atoms with Gasteiger partial charge in [-0.2, -0.15) is 0 Å². The first-order chi connectivity index (χ1) is 8.30. The highest BCUT2D eigenvalue weighted by Gasteiger charge is 2.47. The van der Waals surface area contributed by atoms with Crippen LogP contribution in [0.25, 0.3) is 0 Å². The molecule has 0 saturated carbocycles. The smallest absolute Gasteiger partial charge is 0.151 e. The summed E-state index contributed by atoms with van der Waals surface area (Å²) in [5, 5.41) is 10.6. The van der Waals surface area contributed by atoms with Gasteiger partial charge in [0.1, 0.15) is 0 Å². The van der Waals surface area contributed by atoms with Crippen molar-refractivity contribution in [2.24, 2.45) is 11.1 Å². The lowest BCUT2D eigenvalue weighted by Gasteiger charge is -2.31. The normalized spacial score (nSPS) is 28.4. The topological polar surface area (TPSA) is 80.4 Å². The lowest BCUT2D eigenvalue weighted by atomic mass is 9.78. The van der Waals surface area contributed by atoms with Gasteiger partial charge in [-0.25, -0.2) is 8.42 Å². The molecule has 102 valence electrons. The number of rotatable bonds is 3. The molecule has 1 saturated heterocycles. The third-order valence-corrected chi connectivity index (χ3v) is 6.60. The maximum atomic E-state index is 11.7. The first-order valence-corrected chi connectivity index (χ1v) is 8.59. The van der Waals surface area contributed by atoms with Crippen LogP contribution in [0.3, 0.4) is 0 Å². The Morgan fingerprint density at radius 2 is 2.22 bits per heavy atom. The maximum absolute atomic E-state index is 11.7. The van der Waals surface area contributed by atoms with Crippen LogP contribution in [0.5, 0.6) is 0 Å². The van der Waals surface area contributed by atoms with Crippen molar-refractivity contribution in [3.05, 3.63) is 21.4 Å². The predicted octanol–water partition coefficient (Wildman–Crippen LogP) is 1.16. The number of thiophene rings is 1. The highest BCUT2D eigenvalue weighted by Crippen LogP contribution is 2.44. The lowest BCUT2D eigenvalue weighted by molar-refractivity contribution is 0.0471. The van der Waals surface area contributed by atoms with Crippen LogP contribution in [-0.4, -0.2) is 31.6 Å². The van der Waals surface area contributed by atoms with Crippen molar-refractivity contribution < 1.29 is 13.5 Å². The largest absolute Gasteiger partial charge is 0.388 e. The Labute approximate surface area is 112 Å². The van der Waals surface area contributed by atoms with E-state index in [4.69, 9.17) is 5.73 Å². The van der Waals surface area contributed by atoms with Crippen molar-refractivity contribution in [2.45, 2.75) is 26.4 Å². The van der Waals surface area contributed by atoms with E-state index in [0.29, 0.717) is 6.42 Å². The molecule has 2 unspecified atom stereocenters. The van der Waals surface area contributed by atoms with Gasteiger partial charge in [-0.15, -0.1) is 11.3 Å². The van der Waals surface area contributed by atoms with Crippen LogP contribution in [0.2, 0.25) is 0 Å². The molecule has 1 aromatic heterocycles. The Kier molecular flexibility index (Phi) is 3.57. The van der Waals surface area contributed by atoms with Crippen LogP contribution < -0.4 is 5.73 Å². The molecule has 0 aliphatic carbocycles. The SMILES string of the molecule is Cc1cc(C(O)C2(CN)CCS(=O)(=O)C2)c(C)s1. The fourth-order valence-corrected chi connectivity index (χ4v) is 5.80. The molecule has 0 spiro atoms. The highest BCUT2D eigenvalue weighted by atomic mass is 32.2. The average Bonchev–Trinajstić information content (AvgIpc) is 2.78. The molecule has 18 heavy (non-hydrogen) atoms. The summed E-state index contributed by atoms with van der Waals surface area (Å²) in [6.45, 7) is 4.13. The van der Waals surface area contributed by atoms with Gasteiger partial charge in [0.15, 0.2) is 9.84 Å². The molecule has 0 bridgehead atoms. The Bertz CT molecular complexity index is 550. The van der Waals surface area contributed by atoms with E-state index in [2.05, 4.69) is 0 Å². The molecule has 2 atom stereocenters. The third kappa shape index (κ3) is 2.34. The van der Waals surface area contributed by atoms with Gasteiger partial charge >= 0.3 is 0 Å². The second kappa shape index (κ2) is 4.59. The van der Waals surface area contributed by atoms with Crippen LogP contribution in [0.15, 0.2) is 6.07 Å². The number of sulfone groups is 1. The summed E-state index contributed by atoms with van der Waals surface area (Å²) in [5.41, 5.74) is 5.89. The number of hydrogen-bond donors (Lipinski definition) is 2. The minimum absolute atomic E-state index is 0.00794. The van der Waals surface area contributed by atoms with Gasteiger partial charge in [-0.1, -0.05) is 0 Å². The van der Waals surface area contributed by atoms with E-state index in [0.717, 1.165) is 15.3 Å². The minimum atomic E-state index is -3.06. The molecule has 4 nitrogen and oxygen atoms in total. The molecule has 0 aromatic carbocycles.